The van der Waals surface area contributed by atoms with Gasteiger partial charge in [0.25, 0.3) is 0 Å². The van der Waals surface area contributed by atoms with E-state index in [1.165, 1.54) is 10.7 Å². The van der Waals surface area contributed by atoms with E-state index in [0.29, 0.717) is 61.9 Å². The largest absolute Gasteiger partial charge is 0.416 e. The Morgan fingerprint density at radius 1 is 1.17 bits per heavy atom. The van der Waals surface area contributed by atoms with E-state index in [0.717, 1.165) is 12.1 Å². The Kier molecular flexibility index (Phi) is 5.48. The Morgan fingerprint density at radius 3 is 2.69 bits per heavy atom. The summed E-state index contributed by atoms with van der Waals surface area (Å²) in [7, 11) is 0. The number of anilines is 2. The molecule has 10 nitrogen and oxygen atoms in total. The predicted molar refractivity (Wildman–Crippen MR) is 123 cm³/mol. The quantitative estimate of drug-likeness (QED) is 0.543. The van der Waals surface area contributed by atoms with Gasteiger partial charge in [-0.3, -0.25) is 4.79 Å². The number of nitrogens with zero attached hydrogens (tertiary/aromatic N) is 6. The summed E-state index contributed by atoms with van der Waals surface area (Å²) < 4.78 is 46.6. The Bertz CT molecular complexity index is 1300. The van der Waals surface area contributed by atoms with Gasteiger partial charge in [0.05, 0.1) is 41.6 Å². The zero-order valence-corrected chi connectivity index (χ0v) is 19.1. The number of nitrogens with one attached hydrogen (secondary N) is 1. The van der Waals surface area contributed by atoms with Gasteiger partial charge in [-0.05, 0) is 31.0 Å². The average molecular weight is 503 g/mol. The van der Waals surface area contributed by atoms with E-state index < -0.39 is 11.7 Å². The minimum atomic E-state index is -4.49. The summed E-state index contributed by atoms with van der Waals surface area (Å²) in [4.78, 5) is 25.3. The molecule has 36 heavy (non-hydrogen) atoms. The van der Waals surface area contributed by atoms with Crippen molar-refractivity contribution in [1.82, 2.24) is 24.6 Å². The van der Waals surface area contributed by atoms with Gasteiger partial charge in [-0.2, -0.15) is 28.2 Å². The third kappa shape index (κ3) is 4.11. The lowest BCUT2D eigenvalue weighted by Gasteiger charge is -2.47. The summed E-state index contributed by atoms with van der Waals surface area (Å²) in [5.41, 5.74) is -0.178. The molecule has 6 rings (SSSR count). The number of aromatic nitrogens is 4. The van der Waals surface area contributed by atoms with Gasteiger partial charge in [-0.25, -0.2) is 4.68 Å². The zero-order chi connectivity index (χ0) is 25.0. The van der Waals surface area contributed by atoms with Gasteiger partial charge >= 0.3 is 6.18 Å². The molecule has 0 unspecified atom stereocenters. The van der Waals surface area contributed by atoms with Crippen LogP contribution in [0.5, 0.6) is 0 Å². The highest BCUT2D eigenvalue weighted by atomic mass is 19.4. The second kappa shape index (κ2) is 8.59. The summed E-state index contributed by atoms with van der Waals surface area (Å²) in [5, 5.41) is 17.8. The number of aliphatic hydroxyl groups excluding tert-OH is 1. The molecular weight excluding hydrogens is 479 g/mol. The fraction of sp³-hybridized carbons (Fsp3) is 0.478. The van der Waals surface area contributed by atoms with Crippen LogP contribution in [-0.4, -0.2) is 86.7 Å². The fourth-order valence-electron chi connectivity index (χ4n) is 4.83. The van der Waals surface area contributed by atoms with Crippen LogP contribution in [0.25, 0.3) is 16.7 Å². The van der Waals surface area contributed by atoms with Crippen LogP contribution < -0.4 is 10.2 Å². The number of fused-ring (bicyclic) bond motifs is 1. The second-order valence-electron chi connectivity index (χ2n) is 9.38. The first-order valence-electron chi connectivity index (χ1n) is 11.8. The van der Waals surface area contributed by atoms with Gasteiger partial charge in [0.2, 0.25) is 11.9 Å². The molecule has 2 aromatic heterocycles. The van der Waals surface area contributed by atoms with Crippen LogP contribution in [0.15, 0.2) is 30.5 Å². The molecular formula is C23H24F3N7O3. The minimum absolute atomic E-state index is 0.00494. The molecule has 2 N–H and O–H groups in total. The number of benzene rings is 1. The smallest absolute Gasteiger partial charge is 0.393 e. The van der Waals surface area contributed by atoms with Gasteiger partial charge < -0.3 is 25.0 Å². The van der Waals surface area contributed by atoms with E-state index in [1.54, 1.807) is 12.3 Å². The topological polar surface area (TPSA) is 109 Å². The van der Waals surface area contributed by atoms with Crippen molar-refractivity contribution in [3.8, 4) is 5.69 Å². The van der Waals surface area contributed by atoms with E-state index >= 15 is 0 Å². The number of hydrogen-bond donors (Lipinski definition) is 2. The molecule has 1 amide bonds. The van der Waals surface area contributed by atoms with E-state index in [-0.39, 0.29) is 36.4 Å². The van der Waals surface area contributed by atoms with Crippen LogP contribution >= 0.6 is 0 Å². The first-order valence-corrected chi connectivity index (χ1v) is 11.8. The highest BCUT2D eigenvalue weighted by molar-refractivity contribution is 5.90. The van der Waals surface area contributed by atoms with Gasteiger partial charge in [0, 0.05) is 25.7 Å². The highest BCUT2D eigenvalue weighted by Gasteiger charge is 2.38. The molecule has 3 aliphatic rings. The van der Waals surface area contributed by atoms with E-state index in [1.807, 2.05) is 9.80 Å². The summed E-state index contributed by atoms with van der Waals surface area (Å²) in [6.45, 7) is 2.26. The number of hydrogen-bond acceptors (Lipinski definition) is 8. The first kappa shape index (κ1) is 23.0. The molecule has 1 aromatic carbocycles. The Balaban J connectivity index is 1.35. The van der Waals surface area contributed by atoms with Crippen molar-refractivity contribution in [2.75, 3.05) is 43.1 Å². The molecule has 2 saturated heterocycles. The Hall–Kier alpha value is -3.45. The third-order valence-corrected chi connectivity index (χ3v) is 6.90. The second-order valence-corrected chi connectivity index (χ2v) is 9.38. The summed E-state index contributed by atoms with van der Waals surface area (Å²) in [5.74, 6) is 0.869. The van der Waals surface area contributed by atoms with Crippen molar-refractivity contribution in [3.63, 3.8) is 0 Å². The van der Waals surface area contributed by atoms with Crippen molar-refractivity contribution in [2.45, 2.75) is 37.2 Å². The summed E-state index contributed by atoms with van der Waals surface area (Å²) >= 11 is 0. The number of ether oxygens (including phenoxy) is 1. The van der Waals surface area contributed by atoms with Gasteiger partial charge in [-0.15, -0.1) is 0 Å². The molecule has 4 heterocycles. The molecule has 3 aromatic rings. The van der Waals surface area contributed by atoms with Crippen LogP contribution in [0.1, 0.15) is 18.4 Å². The number of halogens is 3. The normalized spacial score (nSPS) is 23.1. The molecule has 13 heteroatoms. The van der Waals surface area contributed by atoms with Gasteiger partial charge in [-0.1, -0.05) is 6.07 Å². The standard InChI is InChI=1S/C23H24F3N7O3/c24-23(25,26)13-2-1-3-15(6-13)33-21-18(9-27-33)20(29-22(30-21)28-14-7-17(34)8-14)31-10-16(11-31)32-4-5-36-12-19(32)35/h1-3,6,9,14,16-17,34H,4-5,7-8,10-12H2,(H,28,29,30). The van der Waals surface area contributed by atoms with E-state index in [9.17, 15) is 23.1 Å². The Labute approximate surface area is 203 Å². The molecule has 1 aliphatic carbocycles. The van der Waals surface area contributed by atoms with Crippen molar-refractivity contribution in [3.05, 3.63) is 36.0 Å². The number of aliphatic hydroxyl groups is 1. The monoisotopic (exact) mass is 503 g/mol. The molecule has 0 spiro atoms. The van der Waals surface area contributed by atoms with Crippen LogP contribution in [0, 0.1) is 0 Å². The Morgan fingerprint density at radius 2 is 1.97 bits per heavy atom. The number of alkyl halides is 3. The van der Waals surface area contributed by atoms with Crippen LogP contribution in [0.3, 0.4) is 0 Å². The lowest BCUT2D eigenvalue weighted by Crippen LogP contribution is -2.63. The number of morpholine rings is 1. The first-order chi connectivity index (χ1) is 17.3. The maximum atomic E-state index is 13.3. The molecule has 1 saturated carbocycles. The van der Waals surface area contributed by atoms with Crippen LogP contribution in [0.4, 0.5) is 24.9 Å². The maximum Gasteiger partial charge on any atom is 0.416 e. The lowest BCUT2D eigenvalue weighted by atomic mass is 9.90. The molecule has 190 valence electrons. The van der Waals surface area contributed by atoms with Crippen molar-refractivity contribution in [2.24, 2.45) is 0 Å². The maximum absolute atomic E-state index is 13.3. The number of carbonyl (C=O) groups excluding carboxylic acids is 1. The van der Waals surface area contributed by atoms with Crippen molar-refractivity contribution in [1.29, 1.82) is 0 Å². The molecule has 0 bridgehead atoms. The number of rotatable bonds is 5. The lowest BCUT2D eigenvalue weighted by molar-refractivity contribution is -0.146. The highest BCUT2D eigenvalue weighted by Crippen LogP contribution is 2.34. The molecule has 0 radical (unpaired) electrons. The van der Waals surface area contributed by atoms with Crippen LogP contribution in [-0.2, 0) is 15.7 Å². The van der Waals surface area contributed by atoms with E-state index in [2.05, 4.69) is 15.4 Å². The zero-order valence-electron chi connectivity index (χ0n) is 19.1. The number of amides is 1. The molecule has 3 fully saturated rings. The van der Waals surface area contributed by atoms with Crippen molar-refractivity contribution < 1.29 is 27.8 Å². The fourth-order valence-corrected chi connectivity index (χ4v) is 4.83. The average Bonchev–Trinajstić information content (AvgIpc) is 3.22. The SMILES string of the molecule is O=C1COCCN1C1CN(c2nc(NC3CC(O)C3)nc3c2cnn3-c2cccc(C(F)(F)F)c2)C1. The van der Waals surface area contributed by atoms with Gasteiger partial charge in [0.1, 0.15) is 12.4 Å². The molecule has 0 atom stereocenters. The van der Waals surface area contributed by atoms with E-state index in [4.69, 9.17) is 9.72 Å². The van der Waals surface area contributed by atoms with Gasteiger partial charge in [0.15, 0.2) is 5.65 Å². The predicted octanol–water partition coefficient (Wildman–Crippen LogP) is 1.82. The third-order valence-electron chi connectivity index (χ3n) is 6.90. The van der Waals surface area contributed by atoms with Crippen molar-refractivity contribution >= 4 is 28.7 Å². The summed E-state index contributed by atoms with van der Waals surface area (Å²) in [6.07, 6.45) is -2.18. The minimum Gasteiger partial charge on any atom is -0.393 e. The number of carbonyl (C=O) groups is 1. The summed E-state index contributed by atoms with van der Waals surface area (Å²) in [6, 6.07) is 4.96. The van der Waals surface area contributed by atoms with Crippen LogP contribution in [0.2, 0.25) is 0 Å². The molecule has 2 aliphatic heterocycles.